The van der Waals surface area contributed by atoms with Gasteiger partial charge in [0.15, 0.2) is 0 Å². The monoisotopic (exact) mass is 192 g/mol. The minimum atomic E-state index is 0.991. The summed E-state index contributed by atoms with van der Waals surface area (Å²) in [5.41, 5.74) is 2.55. The second-order valence-electron chi connectivity index (χ2n) is 3.49. The Morgan fingerprint density at radius 3 is 2.57 bits per heavy atom. The highest BCUT2D eigenvalue weighted by Crippen LogP contribution is 2.11. The van der Waals surface area contributed by atoms with Crippen molar-refractivity contribution >= 4 is 5.69 Å². The molecule has 78 valence electrons. The fourth-order valence-corrected chi connectivity index (χ4v) is 1.36. The number of rotatable bonds is 6. The predicted molar refractivity (Wildman–Crippen MR) is 62.8 cm³/mol. The van der Waals surface area contributed by atoms with Crippen molar-refractivity contribution in [2.45, 2.75) is 20.3 Å². The van der Waals surface area contributed by atoms with Crippen molar-refractivity contribution in [1.29, 1.82) is 0 Å². The van der Waals surface area contributed by atoms with Gasteiger partial charge in [0.05, 0.1) is 0 Å². The molecule has 2 N–H and O–H groups in total. The van der Waals surface area contributed by atoms with E-state index in [9.17, 15) is 0 Å². The Labute approximate surface area is 86.7 Å². The molecule has 0 radical (unpaired) electrons. The minimum absolute atomic E-state index is 0.991. The van der Waals surface area contributed by atoms with Gasteiger partial charge in [0.1, 0.15) is 0 Å². The van der Waals surface area contributed by atoms with E-state index in [1.54, 1.807) is 0 Å². The summed E-state index contributed by atoms with van der Waals surface area (Å²) in [7, 11) is 0. The molecule has 0 saturated carbocycles. The van der Waals surface area contributed by atoms with Crippen molar-refractivity contribution in [3.63, 3.8) is 0 Å². The van der Waals surface area contributed by atoms with Gasteiger partial charge in [-0.05, 0) is 31.5 Å². The molecule has 0 bridgehead atoms. The van der Waals surface area contributed by atoms with E-state index in [0.29, 0.717) is 0 Å². The van der Waals surface area contributed by atoms with Crippen molar-refractivity contribution in [3.8, 4) is 0 Å². The van der Waals surface area contributed by atoms with Crippen molar-refractivity contribution in [2.24, 2.45) is 0 Å². The lowest BCUT2D eigenvalue weighted by Gasteiger charge is -2.09. The molecule has 0 aliphatic heterocycles. The second-order valence-corrected chi connectivity index (χ2v) is 3.49. The first-order valence-electron chi connectivity index (χ1n) is 5.35. The van der Waals surface area contributed by atoms with Gasteiger partial charge in [-0.1, -0.05) is 25.1 Å². The second kappa shape index (κ2) is 6.44. The number of hydrogen-bond acceptors (Lipinski definition) is 2. The first-order valence-corrected chi connectivity index (χ1v) is 5.35. The number of benzene rings is 1. The number of nitrogens with one attached hydrogen (secondary N) is 2. The van der Waals surface area contributed by atoms with Gasteiger partial charge in [0.25, 0.3) is 0 Å². The van der Waals surface area contributed by atoms with E-state index in [1.165, 1.54) is 17.7 Å². The summed E-state index contributed by atoms with van der Waals surface area (Å²) < 4.78 is 0. The van der Waals surface area contributed by atoms with Gasteiger partial charge in [-0.25, -0.2) is 0 Å². The Morgan fingerprint density at radius 2 is 1.86 bits per heavy atom. The molecule has 14 heavy (non-hydrogen) atoms. The molecule has 0 aliphatic rings. The first kappa shape index (κ1) is 11.1. The normalized spacial score (nSPS) is 10.1. The highest BCUT2D eigenvalue weighted by Gasteiger charge is 1.93. The van der Waals surface area contributed by atoms with Gasteiger partial charge in [0.2, 0.25) is 0 Å². The molecule has 0 amide bonds. The van der Waals surface area contributed by atoms with Crippen LogP contribution in [0.5, 0.6) is 0 Å². The molecule has 2 nitrogen and oxygen atoms in total. The Morgan fingerprint density at radius 1 is 1.07 bits per heavy atom. The van der Waals surface area contributed by atoms with E-state index in [1.807, 2.05) is 0 Å². The van der Waals surface area contributed by atoms with Crippen LogP contribution in [0.4, 0.5) is 5.69 Å². The van der Waals surface area contributed by atoms with Crippen molar-refractivity contribution in [3.05, 3.63) is 29.8 Å². The van der Waals surface area contributed by atoms with E-state index in [-0.39, 0.29) is 0 Å². The maximum Gasteiger partial charge on any atom is 0.0370 e. The molecule has 0 aliphatic carbocycles. The third-order valence-electron chi connectivity index (χ3n) is 2.19. The first-order chi connectivity index (χ1) is 6.84. The van der Waals surface area contributed by atoms with Crippen LogP contribution in [0.15, 0.2) is 24.3 Å². The maximum atomic E-state index is 3.41. The van der Waals surface area contributed by atoms with Crippen molar-refractivity contribution < 1.29 is 0 Å². The summed E-state index contributed by atoms with van der Waals surface area (Å²) in [6.45, 7) is 7.44. The van der Waals surface area contributed by atoms with Gasteiger partial charge >= 0.3 is 0 Å². The summed E-state index contributed by atoms with van der Waals surface area (Å²) in [6, 6.07) is 8.38. The molecular formula is C12H20N2. The third kappa shape index (κ3) is 3.79. The molecule has 0 atom stereocenters. The Balaban J connectivity index is 2.21. The van der Waals surface area contributed by atoms with Gasteiger partial charge < -0.3 is 10.6 Å². The maximum absolute atomic E-state index is 3.41. The molecule has 2 heteroatoms. The van der Waals surface area contributed by atoms with Crippen LogP contribution in [0.25, 0.3) is 0 Å². The molecule has 0 saturated heterocycles. The zero-order valence-electron chi connectivity index (χ0n) is 9.14. The molecule has 0 unspecified atom stereocenters. The van der Waals surface area contributed by atoms with E-state index >= 15 is 0 Å². The standard InChI is InChI=1S/C12H20N2/c1-3-8-13-9-10-14-12-7-5-4-6-11(12)2/h4-7,13-14H,3,8-10H2,1-2H3. The number of aryl methyl sites for hydroxylation is 1. The zero-order chi connectivity index (χ0) is 10.2. The lowest BCUT2D eigenvalue weighted by molar-refractivity contribution is 0.687. The number of anilines is 1. The van der Waals surface area contributed by atoms with E-state index < -0.39 is 0 Å². The van der Waals surface area contributed by atoms with E-state index in [0.717, 1.165) is 19.6 Å². The molecule has 0 spiro atoms. The molecule has 0 aromatic heterocycles. The van der Waals surface area contributed by atoms with Crippen LogP contribution < -0.4 is 10.6 Å². The van der Waals surface area contributed by atoms with Crippen LogP contribution in [-0.2, 0) is 0 Å². The topological polar surface area (TPSA) is 24.1 Å². The molecular weight excluding hydrogens is 172 g/mol. The van der Waals surface area contributed by atoms with Crippen LogP contribution >= 0.6 is 0 Å². The summed E-state index contributed by atoms with van der Waals surface area (Å²) in [5, 5.41) is 6.77. The summed E-state index contributed by atoms with van der Waals surface area (Å²) >= 11 is 0. The molecule has 1 rings (SSSR count). The summed E-state index contributed by atoms with van der Waals surface area (Å²) in [5.74, 6) is 0. The lowest BCUT2D eigenvalue weighted by Crippen LogP contribution is -2.22. The van der Waals surface area contributed by atoms with Crippen LogP contribution in [0, 0.1) is 6.92 Å². The van der Waals surface area contributed by atoms with Gasteiger partial charge in [-0.2, -0.15) is 0 Å². The fourth-order valence-electron chi connectivity index (χ4n) is 1.36. The summed E-state index contributed by atoms with van der Waals surface area (Å²) in [6.07, 6.45) is 1.20. The van der Waals surface area contributed by atoms with E-state index in [2.05, 4.69) is 48.7 Å². The minimum Gasteiger partial charge on any atom is -0.384 e. The molecule has 0 fully saturated rings. The quantitative estimate of drug-likeness (QED) is 0.676. The molecule has 1 aromatic carbocycles. The van der Waals surface area contributed by atoms with Gasteiger partial charge in [-0.3, -0.25) is 0 Å². The Kier molecular flexibility index (Phi) is 5.08. The number of hydrogen-bond donors (Lipinski definition) is 2. The van der Waals surface area contributed by atoms with E-state index in [4.69, 9.17) is 0 Å². The van der Waals surface area contributed by atoms with Crippen LogP contribution in [0.2, 0.25) is 0 Å². The van der Waals surface area contributed by atoms with Crippen LogP contribution in [0.3, 0.4) is 0 Å². The highest BCUT2D eigenvalue weighted by molar-refractivity contribution is 5.50. The zero-order valence-corrected chi connectivity index (χ0v) is 9.14. The average molecular weight is 192 g/mol. The van der Waals surface area contributed by atoms with Crippen molar-refractivity contribution in [2.75, 3.05) is 25.0 Å². The highest BCUT2D eigenvalue weighted by atomic mass is 14.9. The fraction of sp³-hybridized carbons (Fsp3) is 0.500. The Bertz CT molecular complexity index is 258. The smallest absolute Gasteiger partial charge is 0.0370 e. The third-order valence-corrected chi connectivity index (χ3v) is 2.19. The molecule has 0 heterocycles. The van der Waals surface area contributed by atoms with Gasteiger partial charge in [0, 0.05) is 18.8 Å². The van der Waals surface area contributed by atoms with Crippen molar-refractivity contribution in [1.82, 2.24) is 5.32 Å². The Hall–Kier alpha value is -1.02. The predicted octanol–water partition coefficient (Wildman–Crippen LogP) is 2.41. The van der Waals surface area contributed by atoms with Gasteiger partial charge in [-0.15, -0.1) is 0 Å². The SMILES string of the molecule is CCCNCCNc1ccccc1C. The largest absolute Gasteiger partial charge is 0.384 e. The summed E-state index contributed by atoms with van der Waals surface area (Å²) in [4.78, 5) is 0. The van der Waals surface area contributed by atoms with Crippen LogP contribution in [-0.4, -0.2) is 19.6 Å². The number of para-hydroxylation sites is 1. The average Bonchev–Trinajstić information content (AvgIpc) is 2.20. The van der Waals surface area contributed by atoms with Crippen LogP contribution in [0.1, 0.15) is 18.9 Å². The lowest BCUT2D eigenvalue weighted by atomic mass is 10.2. The molecule has 1 aromatic rings.